The van der Waals surface area contributed by atoms with Crippen LogP contribution in [0.1, 0.15) is 11.3 Å². The Morgan fingerprint density at radius 3 is 2.90 bits per heavy atom. The average molecular weight is 201 g/mol. The van der Waals surface area contributed by atoms with Gasteiger partial charge in [-0.05, 0) is 34.5 Å². The van der Waals surface area contributed by atoms with Gasteiger partial charge >= 0.3 is 0 Å². The van der Waals surface area contributed by atoms with Crippen molar-refractivity contribution in [3.63, 3.8) is 0 Å². The SMILES string of the molecule is Cc1cc(Br)cnc1CN. The van der Waals surface area contributed by atoms with E-state index in [9.17, 15) is 0 Å². The van der Waals surface area contributed by atoms with Crippen molar-refractivity contribution in [3.05, 3.63) is 28.0 Å². The third-order valence-electron chi connectivity index (χ3n) is 1.35. The fourth-order valence-corrected chi connectivity index (χ4v) is 1.23. The summed E-state index contributed by atoms with van der Waals surface area (Å²) in [5, 5.41) is 0. The number of nitrogens with two attached hydrogens (primary N) is 1. The maximum absolute atomic E-state index is 5.42. The van der Waals surface area contributed by atoms with Gasteiger partial charge in [0.15, 0.2) is 0 Å². The van der Waals surface area contributed by atoms with Crippen LogP contribution in [-0.4, -0.2) is 4.98 Å². The van der Waals surface area contributed by atoms with Gasteiger partial charge in [-0.1, -0.05) is 0 Å². The van der Waals surface area contributed by atoms with E-state index >= 15 is 0 Å². The molecular weight excluding hydrogens is 192 g/mol. The van der Waals surface area contributed by atoms with Crippen LogP contribution < -0.4 is 5.73 Å². The Labute approximate surface area is 68.6 Å². The van der Waals surface area contributed by atoms with E-state index < -0.39 is 0 Å². The molecule has 0 atom stereocenters. The van der Waals surface area contributed by atoms with Crippen LogP contribution >= 0.6 is 15.9 Å². The molecule has 0 aliphatic carbocycles. The third-order valence-corrected chi connectivity index (χ3v) is 1.78. The van der Waals surface area contributed by atoms with Gasteiger partial charge in [-0.3, -0.25) is 4.98 Å². The molecule has 3 heteroatoms. The van der Waals surface area contributed by atoms with E-state index in [1.807, 2.05) is 13.0 Å². The van der Waals surface area contributed by atoms with Gasteiger partial charge in [-0.15, -0.1) is 0 Å². The van der Waals surface area contributed by atoms with E-state index in [2.05, 4.69) is 20.9 Å². The van der Waals surface area contributed by atoms with E-state index in [1.165, 1.54) is 0 Å². The Balaban J connectivity index is 3.07. The van der Waals surface area contributed by atoms with Crippen molar-refractivity contribution in [1.82, 2.24) is 4.98 Å². The van der Waals surface area contributed by atoms with Crippen LogP contribution in [0, 0.1) is 6.92 Å². The van der Waals surface area contributed by atoms with Crippen molar-refractivity contribution in [2.45, 2.75) is 13.5 Å². The number of rotatable bonds is 1. The van der Waals surface area contributed by atoms with E-state index in [0.29, 0.717) is 6.54 Å². The number of aryl methyl sites for hydroxylation is 1. The fraction of sp³-hybridized carbons (Fsp3) is 0.286. The Hall–Kier alpha value is -0.410. The topological polar surface area (TPSA) is 38.9 Å². The lowest BCUT2D eigenvalue weighted by atomic mass is 10.2. The van der Waals surface area contributed by atoms with E-state index in [1.54, 1.807) is 6.20 Å². The molecule has 0 saturated heterocycles. The van der Waals surface area contributed by atoms with E-state index in [-0.39, 0.29) is 0 Å². The first-order valence-corrected chi connectivity index (χ1v) is 3.84. The van der Waals surface area contributed by atoms with Crippen LogP contribution in [-0.2, 0) is 6.54 Å². The normalized spacial score (nSPS) is 9.90. The van der Waals surface area contributed by atoms with Crippen LogP contribution in [0.5, 0.6) is 0 Å². The van der Waals surface area contributed by atoms with Crippen LogP contribution in [0.3, 0.4) is 0 Å². The van der Waals surface area contributed by atoms with Crippen LogP contribution in [0.4, 0.5) is 0 Å². The maximum atomic E-state index is 5.42. The van der Waals surface area contributed by atoms with Crippen LogP contribution in [0.2, 0.25) is 0 Å². The summed E-state index contributed by atoms with van der Waals surface area (Å²) >= 11 is 3.32. The summed E-state index contributed by atoms with van der Waals surface area (Å²) in [6, 6.07) is 2.01. The van der Waals surface area contributed by atoms with Crippen molar-refractivity contribution in [1.29, 1.82) is 0 Å². The first kappa shape index (κ1) is 7.69. The molecule has 0 bridgehead atoms. The predicted octanol–water partition coefficient (Wildman–Crippen LogP) is 1.61. The Morgan fingerprint density at radius 1 is 1.70 bits per heavy atom. The second-order valence-corrected chi connectivity index (χ2v) is 3.04. The second kappa shape index (κ2) is 3.12. The van der Waals surface area contributed by atoms with E-state index in [0.717, 1.165) is 15.7 Å². The lowest BCUT2D eigenvalue weighted by Gasteiger charge is -2.00. The standard InChI is InChI=1S/C7H9BrN2/c1-5-2-6(8)4-10-7(5)3-9/h2,4H,3,9H2,1H3. The lowest BCUT2D eigenvalue weighted by molar-refractivity contribution is 0.965. The first-order valence-electron chi connectivity index (χ1n) is 3.05. The molecule has 0 amide bonds. The highest BCUT2D eigenvalue weighted by Gasteiger charge is 1.96. The van der Waals surface area contributed by atoms with Gasteiger partial charge in [0.1, 0.15) is 0 Å². The molecule has 0 radical (unpaired) electrons. The average Bonchev–Trinajstić information content (AvgIpc) is 1.88. The molecule has 0 unspecified atom stereocenters. The summed E-state index contributed by atoms with van der Waals surface area (Å²) in [4.78, 5) is 4.12. The number of pyridine rings is 1. The van der Waals surface area contributed by atoms with Gasteiger partial charge in [0.25, 0.3) is 0 Å². The lowest BCUT2D eigenvalue weighted by Crippen LogP contribution is -2.01. The minimum atomic E-state index is 0.513. The smallest absolute Gasteiger partial charge is 0.0569 e. The minimum absolute atomic E-state index is 0.513. The molecule has 0 saturated carbocycles. The molecule has 10 heavy (non-hydrogen) atoms. The molecule has 0 aliphatic heterocycles. The molecule has 2 nitrogen and oxygen atoms in total. The van der Waals surface area contributed by atoms with Crippen molar-refractivity contribution in [2.24, 2.45) is 5.73 Å². The van der Waals surface area contributed by atoms with E-state index in [4.69, 9.17) is 5.73 Å². The largest absolute Gasteiger partial charge is 0.325 e. The molecular formula is C7H9BrN2. The fourth-order valence-electron chi connectivity index (χ4n) is 0.782. The zero-order valence-electron chi connectivity index (χ0n) is 5.76. The molecule has 2 N–H and O–H groups in total. The van der Waals surface area contributed by atoms with Crippen molar-refractivity contribution >= 4 is 15.9 Å². The van der Waals surface area contributed by atoms with Gasteiger partial charge < -0.3 is 5.73 Å². The monoisotopic (exact) mass is 200 g/mol. The Bertz CT molecular complexity index is 235. The maximum Gasteiger partial charge on any atom is 0.0569 e. The molecule has 0 aliphatic rings. The van der Waals surface area contributed by atoms with Crippen LogP contribution in [0.25, 0.3) is 0 Å². The molecule has 1 aromatic rings. The number of nitrogens with zero attached hydrogens (tertiary/aromatic N) is 1. The van der Waals surface area contributed by atoms with Gasteiger partial charge in [0.2, 0.25) is 0 Å². The minimum Gasteiger partial charge on any atom is -0.325 e. The summed E-state index contributed by atoms with van der Waals surface area (Å²) in [5.41, 5.74) is 7.52. The highest BCUT2D eigenvalue weighted by molar-refractivity contribution is 9.10. The number of aromatic nitrogens is 1. The summed E-state index contributed by atoms with van der Waals surface area (Å²) in [7, 11) is 0. The Morgan fingerprint density at radius 2 is 2.40 bits per heavy atom. The van der Waals surface area contributed by atoms with Gasteiger partial charge in [-0.2, -0.15) is 0 Å². The second-order valence-electron chi connectivity index (χ2n) is 2.12. The number of hydrogen-bond donors (Lipinski definition) is 1. The zero-order chi connectivity index (χ0) is 7.56. The van der Waals surface area contributed by atoms with Gasteiger partial charge in [-0.25, -0.2) is 0 Å². The molecule has 0 spiro atoms. The van der Waals surface area contributed by atoms with Gasteiger partial charge in [0, 0.05) is 17.2 Å². The Kier molecular flexibility index (Phi) is 2.40. The third kappa shape index (κ3) is 1.55. The highest BCUT2D eigenvalue weighted by atomic mass is 79.9. The summed E-state index contributed by atoms with van der Waals surface area (Å²) in [5.74, 6) is 0. The molecule has 0 aromatic carbocycles. The summed E-state index contributed by atoms with van der Waals surface area (Å²) < 4.78 is 1.00. The molecule has 0 fully saturated rings. The van der Waals surface area contributed by atoms with Crippen molar-refractivity contribution < 1.29 is 0 Å². The number of halogens is 1. The first-order chi connectivity index (χ1) is 4.74. The predicted molar refractivity (Wildman–Crippen MR) is 44.6 cm³/mol. The molecule has 54 valence electrons. The zero-order valence-corrected chi connectivity index (χ0v) is 7.35. The molecule has 1 rings (SSSR count). The van der Waals surface area contributed by atoms with Gasteiger partial charge in [0.05, 0.1) is 5.69 Å². The van der Waals surface area contributed by atoms with Crippen LogP contribution in [0.15, 0.2) is 16.7 Å². The quantitative estimate of drug-likeness (QED) is 0.749. The molecule has 1 heterocycles. The number of hydrogen-bond acceptors (Lipinski definition) is 2. The van der Waals surface area contributed by atoms with Crippen molar-refractivity contribution in [2.75, 3.05) is 0 Å². The van der Waals surface area contributed by atoms with Crippen molar-refractivity contribution in [3.8, 4) is 0 Å². The molecule has 1 aromatic heterocycles. The highest BCUT2D eigenvalue weighted by Crippen LogP contribution is 2.11. The summed E-state index contributed by atoms with van der Waals surface area (Å²) in [6.45, 7) is 2.51. The summed E-state index contributed by atoms with van der Waals surface area (Å²) in [6.07, 6.45) is 1.76.